The van der Waals surface area contributed by atoms with E-state index in [2.05, 4.69) is 0 Å². The monoisotopic (exact) mass is 218 g/mol. The van der Waals surface area contributed by atoms with Crippen molar-refractivity contribution in [2.24, 2.45) is 0 Å². The van der Waals surface area contributed by atoms with Crippen LogP contribution in [0.15, 0.2) is 22.7 Å². The maximum Gasteiger partial charge on any atom is 0.0881 e. The SMILES string of the molecule is Cl/C=C(/Cl)C(Cl)/C=C/CCl. The Kier molecular flexibility index (Phi) is 6.76. The van der Waals surface area contributed by atoms with Crippen LogP contribution in [-0.4, -0.2) is 11.3 Å². The predicted octanol–water partition coefficient (Wildman–Crippen LogP) is 3.71. The van der Waals surface area contributed by atoms with Gasteiger partial charge < -0.3 is 0 Å². The van der Waals surface area contributed by atoms with Crippen LogP contribution in [0.5, 0.6) is 0 Å². The molecule has 0 aromatic rings. The Morgan fingerprint density at radius 2 is 2.10 bits per heavy atom. The summed E-state index contributed by atoms with van der Waals surface area (Å²) in [5, 5.41) is 0.0302. The fraction of sp³-hybridized carbons (Fsp3) is 0.333. The highest BCUT2D eigenvalue weighted by atomic mass is 35.5. The van der Waals surface area contributed by atoms with Crippen LogP contribution in [-0.2, 0) is 0 Å². The van der Waals surface area contributed by atoms with Crippen LogP contribution in [0.1, 0.15) is 0 Å². The summed E-state index contributed by atoms with van der Waals surface area (Å²) in [5.41, 5.74) is 1.23. The first-order valence-electron chi connectivity index (χ1n) is 2.54. The average Bonchev–Trinajstić information content (AvgIpc) is 1.98. The van der Waals surface area contributed by atoms with Gasteiger partial charge >= 0.3 is 0 Å². The van der Waals surface area contributed by atoms with Crippen LogP contribution in [0.3, 0.4) is 0 Å². The molecule has 0 spiro atoms. The summed E-state index contributed by atoms with van der Waals surface area (Å²) < 4.78 is 0. The quantitative estimate of drug-likeness (QED) is 0.502. The van der Waals surface area contributed by atoms with Crippen LogP contribution in [0.2, 0.25) is 0 Å². The minimum atomic E-state index is -0.363. The van der Waals surface area contributed by atoms with E-state index in [9.17, 15) is 0 Å². The van der Waals surface area contributed by atoms with Gasteiger partial charge in [0.15, 0.2) is 0 Å². The van der Waals surface area contributed by atoms with Crippen molar-refractivity contribution in [3.8, 4) is 0 Å². The van der Waals surface area contributed by atoms with E-state index in [1.165, 1.54) is 5.54 Å². The van der Waals surface area contributed by atoms with E-state index in [1.54, 1.807) is 12.2 Å². The molecule has 0 fully saturated rings. The summed E-state index contributed by atoms with van der Waals surface area (Å²) in [4.78, 5) is 0. The van der Waals surface area contributed by atoms with Gasteiger partial charge in [-0.2, -0.15) is 0 Å². The van der Waals surface area contributed by atoms with Gasteiger partial charge in [0.25, 0.3) is 0 Å². The van der Waals surface area contributed by atoms with Crippen LogP contribution >= 0.6 is 46.4 Å². The summed E-state index contributed by atoms with van der Waals surface area (Å²) >= 11 is 21.9. The minimum absolute atomic E-state index is 0.363. The molecule has 0 aliphatic rings. The van der Waals surface area contributed by atoms with E-state index < -0.39 is 0 Å². The van der Waals surface area contributed by atoms with E-state index in [-0.39, 0.29) is 5.38 Å². The van der Waals surface area contributed by atoms with Gasteiger partial charge in [0, 0.05) is 11.4 Å². The fourth-order valence-electron chi connectivity index (χ4n) is 0.323. The van der Waals surface area contributed by atoms with Gasteiger partial charge in [0.1, 0.15) is 0 Å². The lowest BCUT2D eigenvalue weighted by Gasteiger charge is -1.98. The highest BCUT2D eigenvalue weighted by Crippen LogP contribution is 2.16. The van der Waals surface area contributed by atoms with Crippen LogP contribution in [0, 0.1) is 0 Å². The normalized spacial score (nSPS) is 16.2. The summed E-state index contributed by atoms with van der Waals surface area (Å²) in [7, 11) is 0. The first-order valence-corrected chi connectivity index (χ1v) is 4.33. The molecule has 1 unspecified atom stereocenters. The van der Waals surface area contributed by atoms with Gasteiger partial charge in [0.2, 0.25) is 0 Å². The zero-order chi connectivity index (χ0) is 7.98. The number of alkyl halides is 2. The number of rotatable bonds is 3. The highest BCUT2D eigenvalue weighted by Gasteiger charge is 2.01. The molecule has 0 N–H and O–H groups in total. The first kappa shape index (κ1) is 10.6. The van der Waals surface area contributed by atoms with Gasteiger partial charge in [-0.3, -0.25) is 0 Å². The molecule has 0 bridgehead atoms. The lowest BCUT2D eigenvalue weighted by Crippen LogP contribution is -1.91. The molecule has 0 aromatic carbocycles. The maximum absolute atomic E-state index is 5.68. The first-order chi connectivity index (χ1) is 4.72. The molecule has 4 heteroatoms. The van der Waals surface area contributed by atoms with Gasteiger partial charge in [-0.25, -0.2) is 0 Å². The van der Waals surface area contributed by atoms with Gasteiger partial charge in [0.05, 0.1) is 10.4 Å². The lowest BCUT2D eigenvalue weighted by atomic mass is 10.4. The second-order valence-corrected chi connectivity index (χ2v) is 2.91. The Bertz CT molecular complexity index is 139. The van der Waals surface area contributed by atoms with Gasteiger partial charge in [-0.1, -0.05) is 35.4 Å². The summed E-state index contributed by atoms with van der Waals surface area (Å²) in [6.45, 7) is 0. The molecule has 0 heterocycles. The predicted molar refractivity (Wildman–Crippen MR) is 49.3 cm³/mol. The van der Waals surface area contributed by atoms with Crippen molar-refractivity contribution in [1.29, 1.82) is 0 Å². The van der Waals surface area contributed by atoms with Crippen molar-refractivity contribution < 1.29 is 0 Å². The lowest BCUT2D eigenvalue weighted by molar-refractivity contribution is 1.35. The molecule has 1 atom stereocenters. The van der Waals surface area contributed by atoms with Crippen molar-refractivity contribution in [1.82, 2.24) is 0 Å². The van der Waals surface area contributed by atoms with E-state index in [0.717, 1.165) is 0 Å². The Morgan fingerprint density at radius 1 is 1.50 bits per heavy atom. The van der Waals surface area contributed by atoms with Gasteiger partial charge in [-0.05, 0) is 0 Å². The molecule has 0 amide bonds. The topological polar surface area (TPSA) is 0 Å². The molecular weight excluding hydrogens is 214 g/mol. The number of halogens is 4. The van der Waals surface area contributed by atoms with Crippen molar-refractivity contribution in [3.05, 3.63) is 22.7 Å². The molecule has 0 nitrogen and oxygen atoms in total. The third-order valence-electron chi connectivity index (χ3n) is 0.762. The summed E-state index contributed by atoms with van der Waals surface area (Å²) in [5.74, 6) is 0.426. The van der Waals surface area contributed by atoms with Gasteiger partial charge in [-0.15, -0.1) is 23.2 Å². The molecule has 0 saturated carbocycles. The third kappa shape index (κ3) is 4.45. The van der Waals surface area contributed by atoms with E-state index >= 15 is 0 Å². The minimum Gasteiger partial charge on any atom is -0.122 e. The molecule has 0 aliphatic carbocycles. The molecule has 0 radical (unpaired) electrons. The molecule has 58 valence electrons. The highest BCUT2D eigenvalue weighted by molar-refractivity contribution is 6.42. The Hall–Kier alpha value is 0.640. The number of allylic oxidation sites excluding steroid dienone is 3. The van der Waals surface area contributed by atoms with E-state index in [1.807, 2.05) is 0 Å². The largest absolute Gasteiger partial charge is 0.122 e. The third-order valence-corrected chi connectivity index (χ3v) is 2.12. The molecular formula is C6H6Cl4. The second kappa shape index (κ2) is 6.36. The summed E-state index contributed by atoms with van der Waals surface area (Å²) in [6, 6.07) is 0. The van der Waals surface area contributed by atoms with Crippen molar-refractivity contribution in [3.63, 3.8) is 0 Å². The zero-order valence-corrected chi connectivity index (χ0v) is 8.05. The van der Waals surface area contributed by atoms with Crippen molar-refractivity contribution in [2.75, 3.05) is 5.88 Å². The van der Waals surface area contributed by atoms with Crippen molar-refractivity contribution in [2.45, 2.75) is 5.38 Å². The van der Waals surface area contributed by atoms with Crippen LogP contribution < -0.4 is 0 Å². The average molecular weight is 220 g/mol. The molecule has 0 aliphatic heterocycles. The number of hydrogen-bond donors (Lipinski definition) is 0. The zero-order valence-electron chi connectivity index (χ0n) is 5.03. The molecule has 0 rings (SSSR count). The van der Waals surface area contributed by atoms with E-state index in [0.29, 0.717) is 10.9 Å². The Morgan fingerprint density at radius 3 is 2.50 bits per heavy atom. The smallest absolute Gasteiger partial charge is 0.0881 e. The molecule has 0 saturated heterocycles. The Labute approximate surface area is 80.4 Å². The molecule has 10 heavy (non-hydrogen) atoms. The molecule has 0 aromatic heterocycles. The fourth-order valence-corrected chi connectivity index (χ4v) is 0.865. The number of hydrogen-bond acceptors (Lipinski definition) is 0. The standard InChI is InChI=1S/C6H6Cl4/c7-3-1-2-5(9)6(10)4-8/h1-2,4-5H,3H2/b2-1+,6-4+. The second-order valence-electron chi connectivity index (χ2n) is 1.48. The Balaban J connectivity index is 3.84. The van der Waals surface area contributed by atoms with Crippen LogP contribution in [0.25, 0.3) is 0 Å². The maximum atomic E-state index is 5.68. The summed E-state index contributed by atoms with van der Waals surface area (Å²) in [6.07, 6.45) is 3.39. The van der Waals surface area contributed by atoms with E-state index in [4.69, 9.17) is 46.4 Å². The van der Waals surface area contributed by atoms with Crippen molar-refractivity contribution >= 4 is 46.4 Å². The van der Waals surface area contributed by atoms with Crippen LogP contribution in [0.4, 0.5) is 0 Å².